The van der Waals surface area contributed by atoms with Crippen molar-refractivity contribution in [1.82, 2.24) is 0 Å². The van der Waals surface area contributed by atoms with Crippen LogP contribution in [0.3, 0.4) is 0 Å². The third-order valence-corrected chi connectivity index (χ3v) is 12.2. The molecule has 2 aromatic carbocycles. The number of para-hydroxylation sites is 1. The van der Waals surface area contributed by atoms with E-state index in [4.69, 9.17) is 18.6 Å². The zero-order valence-corrected chi connectivity index (χ0v) is 36.9. The summed E-state index contributed by atoms with van der Waals surface area (Å²) < 4.78 is 36.6. The van der Waals surface area contributed by atoms with Gasteiger partial charge in [0.2, 0.25) is 5.69 Å². The number of allylic oxidation sites excluding steroid dienone is 6. The van der Waals surface area contributed by atoms with Crippen molar-refractivity contribution in [2.24, 2.45) is 0 Å². The van der Waals surface area contributed by atoms with E-state index >= 15 is 0 Å². The van der Waals surface area contributed by atoms with E-state index in [1.807, 2.05) is 0 Å². The van der Waals surface area contributed by atoms with Crippen LogP contribution < -0.4 is 18.6 Å². The Hall–Kier alpha value is -2.54. The molecule has 1 aliphatic heterocycles. The first-order chi connectivity index (χ1) is 26.8. The van der Waals surface area contributed by atoms with Gasteiger partial charge in [-0.2, -0.15) is 4.58 Å². The number of benzene rings is 2. The Balaban J connectivity index is 0.00000158. The second kappa shape index (κ2) is 25.1. The first-order valence-electron chi connectivity index (χ1n) is 22.3. The van der Waals surface area contributed by atoms with Crippen molar-refractivity contribution in [3.63, 3.8) is 0 Å². The monoisotopic (exact) mass is 790 g/mol. The van der Waals surface area contributed by atoms with Crippen LogP contribution in [0, 0.1) is 10.2 Å². The van der Waals surface area contributed by atoms with Gasteiger partial charge in [0.1, 0.15) is 6.54 Å². The van der Waals surface area contributed by atoms with Gasteiger partial charge >= 0.3 is 0 Å². The van der Waals surface area contributed by atoms with Gasteiger partial charge < -0.3 is 0 Å². The molecule has 0 N–H and O–H groups in total. The molecule has 312 valence electrons. The van der Waals surface area contributed by atoms with Crippen molar-refractivity contribution >= 4 is 11.4 Å². The standard InChI is InChI=1S/C50H76N.ClHO4/c1-7-9-11-13-15-17-19-21-23-26-34-42-43-35-29-30-37-45(43)49(3,4)44(42)36-27-25-28-40-48-50(5,6)46-38-31-32-39-47(46)51(48)41-33-24-22-20-18-16-14-12-10-8-2;2-1(3,4)5/h25,27-32,35-40,42H,7-24,26,33-34,41H2,1-6H3;(H,2,3,4,5)/q+1;/p-1/b27-25+,40-28+,44-36+;. The normalized spacial score (nSPS) is 17.9. The minimum absolute atomic E-state index is 0.00707. The average molecular weight is 791 g/mol. The Morgan fingerprint density at radius 3 is 1.57 bits per heavy atom. The summed E-state index contributed by atoms with van der Waals surface area (Å²) >= 11 is 0. The molecule has 1 heterocycles. The molecule has 1 unspecified atom stereocenters. The zero-order chi connectivity index (χ0) is 40.9. The highest BCUT2D eigenvalue weighted by Gasteiger charge is 2.44. The van der Waals surface area contributed by atoms with Gasteiger partial charge in [-0.3, -0.25) is 0 Å². The lowest BCUT2D eigenvalue weighted by Crippen LogP contribution is -2.68. The number of rotatable bonds is 25. The van der Waals surface area contributed by atoms with E-state index in [1.165, 1.54) is 157 Å². The molecule has 0 radical (unpaired) electrons. The van der Waals surface area contributed by atoms with Crippen molar-refractivity contribution in [3.8, 4) is 0 Å². The van der Waals surface area contributed by atoms with Crippen molar-refractivity contribution < 1.29 is 33.5 Å². The predicted molar refractivity (Wildman–Crippen MR) is 226 cm³/mol. The highest BCUT2D eigenvalue weighted by Crippen LogP contribution is 2.52. The largest absolute Gasteiger partial charge is 0.222 e. The minimum Gasteiger partial charge on any atom is -0.222 e. The van der Waals surface area contributed by atoms with E-state index in [2.05, 4.69) is 125 Å². The first kappa shape index (κ1) is 47.8. The fraction of sp³-hybridized carbons (Fsp3) is 0.620. The quantitative estimate of drug-likeness (QED) is 0.0568. The molecule has 0 saturated heterocycles. The number of nitrogens with zero attached hydrogens (tertiary/aromatic N) is 1. The molecule has 56 heavy (non-hydrogen) atoms. The lowest BCUT2D eigenvalue weighted by Gasteiger charge is -2.24. The SMILES string of the molecule is CCCCCCCCCCCCC1\C(=C/C=C/C=C/C2=[N+](CCCCCCCCCCCC)c3ccccc3C2(C)C)C(C)(C)c2ccccc21.[O-][Cl+3]([O-])([O-])[O-]. The molecule has 2 aliphatic rings. The van der Waals surface area contributed by atoms with Gasteiger partial charge in [-0.15, -0.1) is 10.2 Å². The third-order valence-electron chi connectivity index (χ3n) is 12.2. The van der Waals surface area contributed by atoms with E-state index in [-0.39, 0.29) is 10.8 Å². The Morgan fingerprint density at radius 1 is 0.554 bits per heavy atom. The summed E-state index contributed by atoms with van der Waals surface area (Å²) in [6.45, 7) is 15.4. The number of unbranched alkanes of at least 4 members (excludes halogenated alkanes) is 18. The molecule has 1 aliphatic carbocycles. The Morgan fingerprint density at radius 2 is 1.02 bits per heavy atom. The lowest BCUT2D eigenvalue weighted by atomic mass is 9.80. The molecule has 4 rings (SSSR count). The molecular weight excluding hydrogens is 714 g/mol. The first-order valence-corrected chi connectivity index (χ1v) is 23.6. The molecule has 6 heteroatoms. The maximum Gasteiger partial charge on any atom is 0.209 e. The van der Waals surface area contributed by atoms with Crippen LogP contribution in [0.5, 0.6) is 0 Å². The summed E-state index contributed by atoms with van der Waals surface area (Å²) in [6.07, 6.45) is 40.8. The van der Waals surface area contributed by atoms with Gasteiger partial charge in [0.25, 0.3) is 0 Å². The van der Waals surface area contributed by atoms with E-state index in [1.54, 1.807) is 11.1 Å². The van der Waals surface area contributed by atoms with Crippen molar-refractivity contribution in [2.75, 3.05) is 6.54 Å². The van der Waals surface area contributed by atoms with Crippen molar-refractivity contribution in [1.29, 1.82) is 0 Å². The van der Waals surface area contributed by atoms with Crippen LogP contribution in [-0.4, -0.2) is 16.8 Å². The van der Waals surface area contributed by atoms with Crippen LogP contribution in [0.1, 0.15) is 199 Å². The summed E-state index contributed by atoms with van der Waals surface area (Å²) in [4.78, 5) is 0. The summed E-state index contributed by atoms with van der Waals surface area (Å²) in [6, 6.07) is 18.4. The fourth-order valence-corrected chi connectivity index (χ4v) is 9.11. The van der Waals surface area contributed by atoms with Crippen LogP contribution >= 0.6 is 0 Å². The molecule has 0 fully saturated rings. The van der Waals surface area contributed by atoms with Gasteiger partial charge in [-0.1, -0.05) is 216 Å². The van der Waals surface area contributed by atoms with Crippen molar-refractivity contribution in [3.05, 3.63) is 101 Å². The number of fused-ring (bicyclic) bond motifs is 2. The summed E-state index contributed by atoms with van der Waals surface area (Å²) in [5, 5.41) is 0. The maximum absolute atomic E-state index is 8.49. The fourth-order valence-electron chi connectivity index (χ4n) is 9.11. The van der Waals surface area contributed by atoms with Crippen LogP contribution in [0.4, 0.5) is 5.69 Å². The van der Waals surface area contributed by atoms with Gasteiger partial charge in [0, 0.05) is 35.5 Å². The molecule has 0 bridgehead atoms. The maximum atomic E-state index is 8.49. The highest BCUT2D eigenvalue weighted by molar-refractivity contribution is 6.03. The Bertz CT molecular complexity index is 1540. The predicted octanol–water partition coefficient (Wildman–Crippen LogP) is 10.7. The minimum atomic E-state index is -4.94. The van der Waals surface area contributed by atoms with Crippen LogP contribution in [0.25, 0.3) is 0 Å². The second-order valence-electron chi connectivity index (χ2n) is 17.3. The highest BCUT2D eigenvalue weighted by atomic mass is 35.7. The Labute approximate surface area is 344 Å². The summed E-state index contributed by atoms with van der Waals surface area (Å²) in [5.74, 6) is 0.535. The van der Waals surface area contributed by atoms with E-state index < -0.39 is 10.2 Å². The van der Waals surface area contributed by atoms with E-state index in [0.29, 0.717) is 5.92 Å². The Kier molecular flexibility index (Phi) is 21.4. The van der Waals surface area contributed by atoms with Crippen molar-refractivity contribution in [2.45, 2.75) is 193 Å². The smallest absolute Gasteiger partial charge is 0.209 e. The number of hydrogen-bond acceptors (Lipinski definition) is 4. The summed E-state index contributed by atoms with van der Waals surface area (Å²) in [5.41, 5.74) is 9.07. The number of halogens is 1. The molecule has 0 amide bonds. The summed E-state index contributed by atoms with van der Waals surface area (Å²) in [7, 11) is -4.94. The second-order valence-corrected chi connectivity index (χ2v) is 18.1. The van der Waals surface area contributed by atoms with Crippen LogP contribution in [0.2, 0.25) is 0 Å². The molecule has 0 spiro atoms. The average Bonchev–Trinajstić information content (AvgIpc) is 3.50. The van der Waals surface area contributed by atoms with Gasteiger partial charge in [0.05, 0.1) is 5.41 Å². The van der Waals surface area contributed by atoms with Gasteiger partial charge in [-0.05, 0) is 37.8 Å². The molecule has 5 nitrogen and oxygen atoms in total. The molecule has 0 saturated carbocycles. The van der Waals surface area contributed by atoms with Crippen LogP contribution in [-0.2, 0) is 10.8 Å². The topological polar surface area (TPSA) is 95.2 Å². The number of hydrogen-bond donors (Lipinski definition) is 0. The molecule has 0 aromatic heterocycles. The third kappa shape index (κ3) is 15.7. The lowest BCUT2D eigenvalue weighted by molar-refractivity contribution is -2.00. The van der Waals surface area contributed by atoms with E-state index in [0.717, 1.165) is 6.54 Å². The van der Waals surface area contributed by atoms with Gasteiger partial charge in [0.15, 0.2) is 5.71 Å². The molecule has 1 atom stereocenters. The molecular formula is C50H76ClNO4. The molecule has 2 aromatic rings. The zero-order valence-electron chi connectivity index (χ0n) is 36.1. The van der Waals surface area contributed by atoms with E-state index in [9.17, 15) is 0 Å². The van der Waals surface area contributed by atoms with Crippen LogP contribution in [0.15, 0.2) is 84.5 Å². The van der Waals surface area contributed by atoms with Gasteiger partial charge in [-0.25, -0.2) is 18.6 Å².